The zero-order valence-corrected chi connectivity index (χ0v) is 13.7. The Morgan fingerprint density at radius 2 is 2.09 bits per heavy atom. The van der Waals surface area contributed by atoms with Crippen LogP contribution < -0.4 is 5.32 Å². The van der Waals surface area contributed by atoms with Crippen LogP contribution in [0.1, 0.15) is 37.9 Å². The number of piperidine rings is 1. The normalized spacial score (nSPS) is 29.8. The van der Waals surface area contributed by atoms with Gasteiger partial charge in [0.25, 0.3) is 10.0 Å². The van der Waals surface area contributed by atoms with Crippen molar-refractivity contribution in [2.24, 2.45) is 5.41 Å². The Kier molecular flexibility index (Phi) is 3.54. The van der Waals surface area contributed by atoms with Crippen molar-refractivity contribution in [1.82, 2.24) is 19.2 Å². The van der Waals surface area contributed by atoms with Gasteiger partial charge in [0.05, 0.1) is 6.20 Å². The van der Waals surface area contributed by atoms with Gasteiger partial charge in [-0.15, -0.1) is 0 Å². The lowest BCUT2D eigenvalue weighted by atomic mass is 9.80. The standard InChI is InChI=1S/C15H24N4O2S/c20-22(21,14-10-17-13-4-1-2-9-19(13)14)18-8-3-5-15(12-18)6-7-16-11-15/h10,16H,1-9,11-12H2. The Hall–Kier alpha value is -0.920. The van der Waals surface area contributed by atoms with Gasteiger partial charge in [0.2, 0.25) is 0 Å². The number of nitrogens with zero attached hydrogens (tertiary/aromatic N) is 3. The van der Waals surface area contributed by atoms with Gasteiger partial charge in [-0.25, -0.2) is 13.4 Å². The Bertz CT molecular complexity index is 661. The third-order valence-electron chi connectivity index (χ3n) is 5.50. The highest BCUT2D eigenvalue weighted by atomic mass is 32.2. The number of nitrogens with one attached hydrogen (secondary N) is 1. The third-order valence-corrected chi connectivity index (χ3v) is 7.34. The largest absolute Gasteiger partial charge is 0.318 e. The number of aromatic nitrogens is 2. The van der Waals surface area contributed by atoms with Gasteiger partial charge in [-0.3, -0.25) is 0 Å². The van der Waals surface area contributed by atoms with E-state index in [2.05, 4.69) is 10.3 Å². The van der Waals surface area contributed by atoms with E-state index in [4.69, 9.17) is 0 Å². The summed E-state index contributed by atoms with van der Waals surface area (Å²) in [6.07, 6.45) is 7.80. The smallest absolute Gasteiger partial charge is 0.260 e. The first-order valence-electron chi connectivity index (χ1n) is 8.36. The van der Waals surface area contributed by atoms with Gasteiger partial charge in [-0.2, -0.15) is 4.31 Å². The van der Waals surface area contributed by atoms with E-state index < -0.39 is 10.0 Å². The molecule has 1 N–H and O–H groups in total. The highest BCUT2D eigenvalue weighted by Gasteiger charge is 2.42. The lowest BCUT2D eigenvalue weighted by Gasteiger charge is -2.39. The molecular weight excluding hydrogens is 300 g/mol. The Labute approximate surface area is 132 Å². The number of hydrogen-bond donors (Lipinski definition) is 1. The fourth-order valence-electron chi connectivity index (χ4n) is 4.24. The molecule has 1 unspecified atom stereocenters. The van der Waals surface area contributed by atoms with Crippen LogP contribution in [0.15, 0.2) is 11.2 Å². The predicted octanol–water partition coefficient (Wildman–Crippen LogP) is 0.984. The van der Waals surface area contributed by atoms with Crippen molar-refractivity contribution < 1.29 is 8.42 Å². The molecule has 1 aromatic rings. The van der Waals surface area contributed by atoms with Gasteiger partial charge < -0.3 is 9.88 Å². The van der Waals surface area contributed by atoms with Crippen LogP contribution in [0.3, 0.4) is 0 Å². The third kappa shape index (κ3) is 2.30. The second kappa shape index (κ2) is 5.32. The van der Waals surface area contributed by atoms with Gasteiger partial charge in [-0.05, 0) is 44.1 Å². The zero-order chi connectivity index (χ0) is 15.2. The number of imidazole rings is 1. The van der Waals surface area contributed by atoms with Crippen molar-refractivity contribution in [2.45, 2.75) is 50.1 Å². The van der Waals surface area contributed by atoms with Crippen LogP contribution in [-0.2, 0) is 23.0 Å². The second-order valence-electron chi connectivity index (χ2n) is 6.99. The number of hydrogen-bond acceptors (Lipinski definition) is 4. The number of aryl methyl sites for hydroxylation is 1. The summed E-state index contributed by atoms with van der Waals surface area (Å²) in [6, 6.07) is 0. The summed E-state index contributed by atoms with van der Waals surface area (Å²) in [5.74, 6) is 0.930. The summed E-state index contributed by atoms with van der Waals surface area (Å²) in [7, 11) is -3.42. The van der Waals surface area contributed by atoms with Crippen LogP contribution in [0.2, 0.25) is 0 Å². The van der Waals surface area contributed by atoms with Crippen molar-refractivity contribution in [1.29, 1.82) is 0 Å². The maximum absolute atomic E-state index is 13.1. The molecule has 1 spiro atoms. The predicted molar refractivity (Wildman–Crippen MR) is 83.1 cm³/mol. The molecular formula is C15H24N4O2S. The van der Waals surface area contributed by atoms with Gasteiger partial charge in [0, 0.05) is 32.6 Å². The Morgan fingerprint density at radius 1 is 1.18 bits per heavy atom. The molecule has 3 aliphatic heterocycles. The van der Waals surface area contributed by atoms with E-state index in [0.717, 1.165) is 64.0 Å². The van der Waals surface area contributed by atoms with Crippen molar-refractivity contribution >= 4 is 10.0 Å². The summed E-state index contributed by atoms with van der Waals surface area (Å²) >= 11 is 0. The summed E-state index contributed by atoms with van der Waals surface area (Å²) in [6.45, 7) is 4.04. The SMILES string of the molecule is O=S(=O)(c1cnc2n1CCCC2)N1CCCC2(CCNC2)C1. The van der Waals surface area contributed by atoms with E-state index in [-0.39, 0.29) is 5.41 Å². The first kappa shape index (κ1) is 14.7. The van der Waals surface area contributed by atoms with Gasteiger partial charge in [-0.1, -0.05) is 0 Å². The first-order chi connectivity index (χ1) is 10.6. The Balaban J connectivity index is 1.64. The van der Waals surface area contributed by atoms with Crippen LogP contribution in [-0.4, -0.2) is 48.5 Å². The average Bonchev–Trinajstić information content (AvgIpc) is 3.14. The van der Waals surface area contributed by atoms with E-state index in [9.17, 15) is 8.42 Å². The molecule has 0 aromatic carbocycles. The molecule has 0 amide bonds. The van der Waals surface area contributed by atoms with Crippen LogP contribution in [0.4, 0.5) is 0 Å². The highest BCUT2D eigenvalue weighted by Crippen LogP contribution is 2.37. The number of fused-ring (bicyclic) bond motifs is 1. The molecule has 3 aliphatic rings. The fourth-order valence-corrected chi connectivity index (χ4v) is 5.98. The fraction of sp³-hybridized carbons (Fsp3) is 0.800. The molecule has 4 heterocycles. The molecule has 0 saturated carbocycles. The van der Waals surface area contributed by atoms with Crippen molar-refractivity contribution in [3.8, 4) is 0 Å². The molecule has 0 bridgehead atoms. The highest BCUT2D eigenvalue weighted by molar-refractivity contribution is 7.89. The molecule has 1 atom stereocenters. The minimum atomic E-state index is -3.42. The molecule has 2 saturated heterocycles. The monoisotopic (exact) mass is 324 g/mol. The lowest BCUT2D eigenvalue weighted by Crippen LogP contribution is -2.47. The molecule has 6 nitrogen and oxygen atoms in total. The minimum Gasteiger partial charge on any atom is -0.318 e. The second-order valence-corrected chi connectivity index (χ2v) is 8.88. The zero-order valence-electron chi connectivity index (χ0n) is 12.9. The minimum absolute atomic E-state index is 0.149. The van der Waals surface area contributed by atoms with Crippen LogP contribution >= 0.6 is 0 Å². The number of sulfonamides is 1. The Morgan fingerprint density at radius 3 is 2.91 bits per heavy atom. The summed E-state index contributed by atoms with van der Waals surface area (Å²) in [4.78, 5) is 4.35. The summed E-state index contributed by atoms with van der Waals surface area (Å²) < 4.78 is 29.8. The number of rotatable bonds is 2. The summed E-state index contributed by atoms with van der Waals surface area (Å²) in [5, 5.41) is 3.81. The molecule has 2 fully saturated rings. The van der Waals surface area contributed by atoms with Gasteiger partial charge >= 0.3 is 0 Å². The first-order valence-corrected chi connectivity index (χ1v) is 9.80. The molecule has 122 valence electrons. The maximum Gasteiger partial charge on any atom is 0.260 e. The molecule has 0 radical (unpaired) electrons. The average molecular weight is 324 g/mol. The van der Waals surface area contributed by atoms with Crippen molar-refractivity contribution in [3.05, 3.63) is 12.0 Å². The topological polar surface area (TPSA) is 67.2 Å². The van der Waals surface area contributed by atoms with E-state index in [1.54, 1.807) is 10.5 Å². The molecule has 22 heavy (non-hydrogen) atoms. The molecule has 1 aromatic heterocycles. The van der Waals surface area contributed by atoms with E-state index in [1.807, 2.05) is 4.57 Å². The quantitative estimate of drug-likeness (QED) is 0.881. The van der Waals surface area contributed by atoms with Gasteiger partial charge in [0.1, 0.15) is 5.82 Å². The molecule has 0 aliphatic carbocycles. The maximum atomic E-state index is 13.1. The van der Waals surface area contributed by atoms with Gasteiger partial charge in [0.15, 0.2) is 5.03 Å². The molecule has 4 rings (SSSR count). The molecule has 7 heteroatoms. The van der Waals surface area contributed by atoms with Crippen LogP contribution in [0.25, 0.3) is 0 Å². The van der Waals surface area contributed by atoms with E-state index >= 15 is 0 Å². The van der Waals surface area contributed by atoms with Crippen LogP contribution in [0.5, 0.6) is 0 Å². The summed E-state index contributed by atoms with van der Waals surface area (Å²) in [5.41, 5.74) is 0.149. The van der Waals surface area contributed by atoms with E-state index in [1.165, 1.54) is 0 Å². The van der Waals surface area contributed by atoms with Crippen molar-refractivity contribution in [2.75, 3.05) is 26.2 Å². The van der Waals surface area contributed by atoms with Crippen LogP contribution in [0, 0.1) is 5.41 Å². The van der Waals surface area contributed by atoms with E-state index in [0.29, 0.717) is 18.1 Å². The lowest BCUT2D eigenvalue weighted by molar-refractivity contribution is 0.166. The van der Waals surface area contributed by atoms with Crippen molar-refractivity contribution in [3.63, 3.8) is 0 Å².